The highest BCUT2D eigenvalue weighted by Crippen LogP contribution is 2.48. The zero-order valence-electron chi connectivity index (χ0n) is 22.8. The van der Waals surface area contributed by atoms with Gasteiger partial charge in [0.1, 0.15) is 11.6 Å². The van der Waals surface area contributed by atoms with E-state index in [-0.39, 0.29) is 23.3 Å². The van der Waals surface area contributed by atoms with E-state index in [0.717, 1.165) is 41.0 Å². The number of carboxylic acids is 1. The van der Waals surface area contributed by atoms with Crippen molar-refractivity contribution >= 4 is 34.2 Å². The molecule has 1 N–H and O–H groups in total. The lowest BCUT2D eigenvalue weighted by Crippen LogP contribution is -2.32. The van der Waals surface area contributed by atoms with Crippen LogP contribution in [0.5, 0.6) is 11.5 Å². The number of carbonyl (C=O) groups is 1. The van der Waals surface area contributed by atoms with Crippen molar-refractivity contribution in [3.63, 3.8) is 0 Å². The number of carboxylic acid groups (broad SMARTS) is 1. The number of para-hydroxylation sites is 1. The number of hydrogen-bond acceptors (Lipinski definition) is 6. The minimum absolute atomic E-state index is 0.0860. The van der Waals surface area contributed by atoms with E-state index in [4.69, 9.17) is 35.5 Å². The molecule has 1 aromatic heterocycles. The molecule has 4 aromatic rings. The number of aromatic nitrogens is 2. The Labute approximate surface area is 246 Å². The van der Waals surface area contributed by atoms with Gasteiger partial charge in [0, 0.05) is 30.5 Å². The van der Waals surface area contributed by atoms with Gasteiger partial charge in [-0.15, -0.1) is 0 Å². The number of hydrogen-bond donors (Lipinski definition) is 1. The monoisotopic (exact) mass is 590 g/mol. The molecule has 0 unspecified atom stereocenters. The normalized spacial score (nSPS) is 23.1. The standard InChI is InChI=1S/C32H28ClFN2O6/c1-32(24-9-7-20(33)14-25(24)34)41-28-4-2-3-23(30(28)42-32)19-5-8-21(40-17-19)15-29-35-26-10-6-18(31(37)38)13-27(26)36(29)16-22-11-12-39-22/h2-7,9-10,13-14,21-22H,8,11-12,15-17H2,1H3,(H,37,38)/t21-,22+,32-/m1/s1. The van der Waals surface area contributed by atoms with Crippen LogP contribution in [-0.2, 0) is 28.2 Å². The molecule has 8 nitrogen and oxygen atoms in total. The number of aromatic carboxylic acids is 1. The topological polar surface area (TPSA) is 92.0 Å². The summed E-state index contributed by atoms with van der Waals surface area (Å²) >= 11 is 5.95. The first-order chi connectivity index (χ1) is 20.3. The van der Waals surface area contributed by atoms with Crippen LogP contribution in [0.15, 0.2) is 60.7 Å². The van der Waals surface area contributed by atoms with Crippen LogP contribution >= 0.6 is 11.6 Å². The van der Waals surface area contributed by atoms with Gasteiger partial charge in [-0.25, -0.2) is 14.2 Å². The minimum Gasteiger partial charge on any atom is -0.478 e. The quantitative estimate of drug-likeness (QED) is 0.267. The van der Waals surface area contributed by atoms with Crippen LogP contribution in [0.25, 0.3) is 16.6 Å². The maximum atomic E-state index is 14.8. The van der Waals surface area contributed by atoms with E-state index in [1.165, 1.54) is 6.07 Å². The summed E-state index contributed by atoms with van der Waals surface area (Å²) in [5.41, 5.74) is 3.80. The summed E-state index contributed by atoms with van der Waals surface area (Å²) in [5, 5.41) is 9.81. The van der Waals surface area contributed by atoms with Gasteiger partial charge in [-0.1, -0.05) is 29.8 Å². The molecule has 3 aromatic carbocycles. The van der Waals surface area contributed by atoms with Crippen molar-refractivity contribution in [2.24, 2.45) is 0 Å². The highest BCUT2D eigenvalue weighted by molar-refractivity contribution is 6.30. The Morgan fingerprint density at radius 2 is 2.00 bits per heavy atom. The van der Waals surface area contributed by atoms with Crippen LogP contribution < -0.4 is 9.47 Å². The molecule has 1 fully saturated rings. The van der Waals surface area contributed by atoms with E-state index in [9.17, 15) is 14.3 Å². The van der Waals surface area contributed by atoms with E-state index in [1.807, 2.05) is 12.1 Å². The lowest BCUT2D eigenvalue weighted by atomic mass is 9.99. The van der Waals surface area contributed by atoms with Gasteiger partial charge < -0.3 is 28.6 Å². The minimum atomic E-state index is -1.34. The maximum Gasteiger partial charge on any atom is 0.335 e. The summed E-state index contributed by atoms with van der Waals surface area (Å²) < 4.78 is 41.2. The molecule has 4 heterocycles. The van der Waals surface area contributed by atoms with Gasteiger partial charge in [-0.3, -0.25) is 0 Å². The van der Waals surface area contributed by atoms with Crippen LogP contribution in [0.1, 0.15) is 47.1 Å². The predicted octanol–water partition coefficient (Wildman–Crippen LogP) is 6.38. The smallest absolute Gasteiger partial charge is 0.335 e. The molecule has 0 spiro atoms. The summed E-state index contributed by atoms with van der Waals surface area (Å²) in [5.74, 6) is -0.909. The van der Waals surface area contributed by atoms with Gasteiger partial charge in [-0.05, 0) is 60.9 Å². The molecule has 0 aliphatic carbocycles. The van der Waals surface area contributed by atoms with Crippen LogP contribution in [0.4, 0.5) is 4.39 Å². The molecule has 42 heavy (non-hydrogen) atoms. The fourth-order valence-electron chi connectivity index (χ4n) is 5.79. The third-order valence-electron chi connectivity index (χ3n) is 8.11. The molecular weight excluding hydrogens is 563 g/mol. The summed E-state index contributed by atoms with van der Waals surface area (Å²) in [7, 11) is 0. The number of benzene rings is 3. The van der Waals surface area contributed by atoms with Gasteiger partial charge in [0.25, 0.3) is 5.79 Å². The van der Waals surface area contributed by atoms with Crippen LogP contribution in [-0.4, -0.2) is 46.0 Å². The number of nitrogens with zero attached hydrogens (tertiary/aromatic N) is 2. The van der Waals surface area contributed by atoms with Crippen LogP contribution in [0.3, 0.4) is 0 Å². The second-order valence-electron chi connectivity index (χ2n) is 10.9. The van der Waals surface area contributed by atoms with Crippen molar-refractivity contribution in [1.82, 2.24) is 9.55 Å². The molecule has 3 aliphatic rings. The molecule has 3 aliphatic heterocycles. The number of halogens is 2. The van der Waals surface area contributed by atoms with Crippen molar-refractivity contribution in [3.8, 4) is 11.5 Å². The summed E-state index contributed by atoms with van der Waals surface area (Å²) in [6.07, 6.45) is 4.27. The molecule has 1 saturated heterocycles. The molecule has 0 bridgehead atoms. The Balaban J connectivity index is 1.12. The predicted molar refractivity (Wildman–Crippen MR) is 154 cm³/mol. The van der Waals surface area contributed by atoms with E-state index >= 15 is 0 Å². The molecule has 216 valence electrons. The first-order valence-corrected chi connectivity index (χ1v) is 14.3. The second kappa shape index (κ2) is 10.4. The third-order valence-corrected chi connectivity index (χ3v) is 8.35. The number of rotatable bonds is 7. The van der Waals surface area contributed by atoms with Crippen LogP contribution in [0, 0.1) is 5.82 Å². The lowest BCUT2D eigenvalue weighted by molar-refractivity contribution is -0.0708. The van der Waals surface area contributed by atoms with Gasteiger partial charge in [0.2, 0.25) is 0 Å². The summed E-state index contributed by atoms with van der Waals surface area (Å²) in [6.45, 7) is 3.39. The molecule has 0 amide bonds. The largest absolute Gasteiger partial charge is 0.478 e. The summed E-state index contributed by atoms with van der Waals surface area (Å²) in [6, 6.07) is 15.1. The number of imidazole rings is 1. The van der Waals surface area contributed by atoms with Crippen LogP contribution in [0.2, 0.25) is 5.02 Å². The number of ether oxygens (including phenoxy) is 4. The maximum absolute atomic E-state index is 14.8. The first-order valence-electron chi connectivity index (χ1n) is 13.9. The Hall–Kier alpha value is -3.92. The zero-order chi connectivity index (χ0) is 29.0. The summed E-state index contributed by atoms with van der Waals surface area (Å²) in [4.78, 5) is 16.4. The molecule has 3 atom stereocenters. The van der Waals surface area contributed by atoms with E-state index < -0.39 is 17.6 Å². The average Bonchev–Trinajstić information content (AvgIpc) is 3.47. The molecule has 7 rings (SSSR count). The Morgan fingerprint density at radius 1 is 1.14 bits per heavy atom. The second-order valence-corrected chi connectivity index (χ2v) is 11.4. The molecule has 10 heteroatoms. The molecule has 0 saturated carbocycles. The zero-order valence-corrected chi connectivity index (χ0v) is 23.6. The van der Waals surface area contributed by atoms with E-state index in [1.54, 1.807) is 43.3 Å². The highest BCUT2D eigenvalue weighted by Gasteiger charge is 2.42. The van der Waals surface area contributed by atoms with Crippen molar-refractivity contribution in [2.45, 2.75) is 50.7 Å². The van der Waals surface area contributed by atoms with Crippen molar-refractivity contribution in [1.29, 1.82) is 0 Å². The van der Waals surface area contributed by atoms with E-state index in [0.29, 0.717) is 42.5 Å². The fourth-order valence-corrected chi connectivity index (χ4v) is 5.95. The van der Waals surface area contributed by atoms with E-state index in [2.05, 4.69) is 10.6 Å². The average molecular weight is 591 g/mol. The Bertz CT molecular complexity index is 1750. The third kappa shape index (κ3) is 4.81. The highest BCUT2D eigenvalue weighted by atomic mass is 35.5. The lowest BCUT2D eigenvalue weighted by Gasteiger charge is -2.28. The van der Waals surface area contributed by atoms with Gasteiger partial charge in [-0.2, -0.15) is 0 Å². The Kier molecular flexibility index (Phi) is 6.68. The first kappa shape index (κ1) is 26.9. The van der Waals surface area contributed by atoms with Crippen molar-refractivity contribution in [2.75, 3.05) is 13.2 Å². The SMILES string of the molecule is C[C@@]1(c2ccc(Cl)cc2F)Oc2cccc(C3=CC[C@H](Cc4nc5ccc(C(=O)O)cc5n4C[C@@H]4CCO4)OC3)c2O1. The van der Waals surface area contributed by atoms with Crippen molar-refractivity contribution < 1.29 is 33.2 Å². The Morgan fingerprint density at radius 3 is 2.71 bits per heavy atom. The van der Waals surface area contributed by atoms with Gasteiger partial charge >= 0.3 is 5.97 Å². The number of fused-ring (bicyclic) bond motifs is 2. The van der Waals surface area contributed by atoms with Gasteiger partial charge in [0.15, 0.2) is 11.5 Å². The molecule has 0 radical (unpaired) electrons. The van der Waals surface area contributed by atoms with Gasteiger partial charge in [0.05, 0.1) is 47.5 Å². The van der Waals surface area contributed by atoms with Crippen molar-refractivity contribution in [3.05, 3.63) is 94.0 Å². The fraction of sp³-hybridized carbons (Fsp3) is 0.312. The molecular formula is C32H28ClFN2O6.